The third kappa shape index (κ3) is 5.25. The summed E-state index contributed by atoms with van der Waals surface area (Å²) in [5.74, 6) is 0.194. The molecule has 2 heterocycles. The molecule has 2 saturated heterocycles. The van der Waals surface area contributed by atoms with E-state index in [4.69, 9.17) is 30.5 Å². The number of carbonyl (C=O) groups excluding carboxylic acids is 1. The van der Waals surface area contributed by atoms with Crippen LogP contribution in [0.4, 0.5) is 13.2 Å². The molecule has 2 fully saturated rings. The second-order valence-electron chi connectivity index (χ2n) is 7.83. The van der Waals surface area contributed by atoms with Gasteiger partial charge >= 0.3 is 6.36 Å². The summed E-state index contributed by atoms with van der Waals surface area (Å²) in [6.45, 7) is -0.128. The van der Waals surface area contributed by atoms with Gasteiger partial charge in [0.05, 0.1) is 20.3 Å². The van der Waals surface area contributed by atoms with E-state index in [1.807, 2.05) is 18.2 Å². The zero-order valence-electron chi connectivity index (χ0n) is 18.3. The van der Waals surface area contributed by atoms with Gasteiger partial charge in [-0.2, -0.15) is 0 Å². The fraction of sp³-hybridized carbons (Fsp3) is 0.435. The van der Waals surface area contributed by atoms with E-state index < -0.39 is 18.6 Å². The van der Waals surface area contributed by atoms with E-state index in [9.17, 15) is 18.0 Å². The first kappa shape index (κ1) is 24.6. The summed E-state index contributed by atoms with van der Waals surface area (Å²) in [6, 6.07) is 11.9. The van der Waals surface area contributed by atoms with E-state index in [0.29, 0.717) is 30.1 Å². The normalized spacial score (nSPS) is 22.4. The third-order valence-corrected chi connectivity index (χ3v) is 6.10. The number of alkyl halides is 3. The van der Waals surface area contributed by atoms with Crippen LogP contribution < -0.4 is 9.47 Å². The van der Waals surface area contributed by atoms with Gasteiger partial charge in [-0.3, -0.25) is 9.53 Å². The smallest absolute Gasteiger partial charge is 0.493 e. The highest BCUT2D eigenvalue weighted by atomic mass is 35.5. The number of likely N-dealkylation sites (tertiary alicyclic amines) is 1. The largest absolute Gasteiger partial charge is 0.522 e. The minimum atomic E-state index is -4.73. The quantitative estimate of drug-likeness (QED) is 0.525. The molecular weight excluding hydrogens is 479 g/mol. The lowest BCUT2D eigenvalue weighted by Crippen LogP contribution is -2.53. The number of methoxy groups -OCH3 is 1. The molecule has 2 aliphatic heterocycles. The fourth-order valence-electron chi connectivity index (χ4n) is 4.24. The second kappa shape index (κ2) is 9.99. The standard InChI is InChI=1S/C23H23ClF3NO6/c1-30-19-11-15(5-6-18(19)31-9-10-33-23(25,26)27)21(29)28-8-7-22(20(13-28)32-14-34-22)16-3-2-4-17(24)12-16/h2-6,11-12,20H,7-10,13-14H2,1H3/t20?,22-/m1/s1. The van der Waals surface area contributed by atoms with Gasteiger partial charge in [-0.1, -0.05) is 23.7 Å². The predicted octanol–water partition coefficient (Wildman–Crippen LogP) is 4.38. The number of hydrogen-bond acceptors (Lipinski definition) is 6. The summed E-state index contributed by atoms with van der Waals surface area (Å²) >= 11 is 6.17. The average Bonchev–Trinajstić information content (AvgIpc) is 3.25. The molecule has 0 radical (unpaired) electrons. The van der Waals surface area contributed by atoms with Crippen LogP contribution in [-0.2, 0) is 19.8 Å². The van der Waals surface area contributed by atoms with E-state index in [-0.39, 0.29) is 36.9 Å². The molecule has 0 spiro atoms. The van der Waals surface area contributed by atoms with Crippen molar-refractivity contribution in [2.45, 2.75) is 24.5 Å². The molecule has 2 aromatic rings. The SMILES string of the molecule is COc1cc(C(=O)N2CC[C@]3(c4cccc(Cl)c4)OCOC3C2)ccc1OCCOC(F)(F)F. The molecule has 0 saturated carbocycles. The van der Waals surface area contributed by atoms with Gasteiger partial charge in [-0.15, -0.1) is 13.2 Å². The summed E-state index contributed by atoms with van der Waals surface area (Å²) in [4.78, 5) is 14.9. The second-order valence-corrected chi connectivity index (χ2v) is 8.26. The summed E-state index contributed by atoms with van der Waals surface area (Å²) in [7, 11) is 1.38. The van der Waals surface area contributed by atoms with E-state index in [0.717, 1.165) is 5.56 Å². The third-order valence-electron chi connectivity index (χ3n) is 5.86. The van der Waals surface area contributed by atoms with Crippen molar-refractivity contribution >= 4 is 17.5 Å². The van der Waals surface area contributed by atoms with E-state index in [1.165, 1.54) is 25.3 Å². The van der Waals surface area contributed by atoms with Crippen molar-refractivity contribution < 1.29 is 41.7 Å². The fourth-order valence-corrected chi connectivity index (χ4v) is 4.43. The van der Waals surface area contributed by atoms with Crippen molar-refractivity contribution in [2.24, 2.45) is 0 Å². The maximum absolute atomic E-state index is 13.2. The lowest BCUT2D eigenvalue weighted by molar-refractivity contribution is -0.325. The molecular formula is C23H23ClF3NO6. The van der Waals surface area contributed by atoms with Crippen LogP contribution in [-0.4, -0.2) is 63.5 Å². The van der Waals surface area contributed by atoms with Crippen LogP contribution in [0.5, 0.6) is 11.5 Å². The molecule has 2 aromatic carbocycles. The molecule has 4 rings (SSSR count). The zero-order valence-corrected chi connectivity index (χ0v) is 19.0. The number of fused-ring (bicyclic) bond motifs is 1. The van der Waals surface area contributed by atoms with Gasteiger partial charge in [0.25, 0.3) is 5.91 Å². The Bertz CT molecular complexity index is 1040. The Labute approximate surface area is 199 Å². The topological polar surface area (TPSA) is 66.5 Å². The molecule has 11 heteroatoms. The highest BCUT2D eigenvalue weighted by Gasteiger charge is 2.51. The molecule has 184 valence electrons. The van der Waals surface area contributed by atoms with Crippen LogP contribution in [0.3, 0.4) is 0 Å². The molecule has 0 aromatic heterocycles. The van der Waals surface area contributed by atoms with Gasteiger partial charge in [0, 0.05) is 23.6 Å². The molecule has 2 aliphatic rings. The number of piperidine rings is 1. The Balaban J connectivity index is 1.43. The summed E-state index contributed by atoms with van der Waals surface area (Å²) < 4.78 is 62.4. The Morgan fingerprint density at radius 1 is 1.21 bits per heavy atom. The molecule has 1 unspecified atom stereocenters. The lowest BCUT2D eigenvalue weighted by Gasteiger charge is -2.42. The van der Waals surface area contributed by atoms with Gasteiger partial charge in [-0.25, -0.2) is 0 Å². The number of amides is 1. The number of nitrogens with zero attached hydrogens (tertiary/aromatic N) is 1. The number of halogens is 4. The molecule has 34 heavy (non-hydrogen) atoms. The first-order valence-electron chi connectivity index (χ1n) is 10.5. The predicted molar refractivity (Wildman–Crippen MR) is 115 cm³/mol. The summed E-state index contributed by atoms with van der Waals surface area (Å²) in [5.41, 5.74) is 0.590. The Kier molecular flexibility index (Phi) is 7.22. The van der Waals surface area contributed by atoms with Crippen molar-refractivity contribution in [2.75, 3.05) is 40.2 Å². The summed E-state index contributed by atoms with van der Waals surface area (Å²) in [6.07, 6.45) is -4.56. The molecule has 1 amide bonds. The van der Waals surface area contributed by atoms with Gasteiger partial charge in [-0.05, 0) is 35.9 Å². The van der Waals surface area contributed by atoms with Crippen molar-refractivity contribution in [1.82, 2.24) is 4.90 Å². The van der Waals surface area contributed by atoms with Crippen molar-refractivity contribution in [3.63, 3.8) is 0 Å². The minimum Gasteiger partial charge on any atom is -0.493 e. The first-order valence-corrected chi connectivity index (χ1v) is 10.9. The van der Waals surface area contributed by atoms with E-state index in [2.05, 4.69) is 4.74 Å². The number of ether oxygens (including phenoxy) is 5. The van der Waals surface area contributed by atoms with Crippen LogP contribution in [0.25, 0.3) is 0 Å². The van der Waals surface area contributed by atoms with Crippen LogP contribution in [0.15, 0.2) is 42.5 Å². The Morgan fingerprint density at radius 2 is 2.03 bits per heavy atom. The highest BCUT2D eigenvalue weighted by Crippen LogP contribution is 2.43. The molecule has 0 aliphatic carbocycles. The Morgan fingerprint density at radius 3 is 2.76 bits per heavy atom. The Hall–Kier alpha value is -2.53. The molecule has 7 nitrogen and oxygen atoms in total. The lowest BCUT2D eigenvalue weighted by atomic mass is 9.82. The number of benzene rings is 2. The van der Waals surface area contributed by atoms with Gasteiger partial charge in [0.2, 0.25) is 0 Å². The summed E-state index contributed by atoms with van der Waals surface area (Å²) in [5, 5.41) is 0.596. The van der Waals surface area contributed by atoms with Gasteiger partial charge < -0.3 is 23.8 Å². The number of carbonyl (C=O) groups is 1. The first-order chi connectivity index (χ1) is 16.2. The minimum absolute atomic E-state index is 0.122. The van der Waals surface area contributed by atoms with Gasteiger partial charge in [0.1, 0.15) is 25.1 Å². The van der Waals surface area contributed by atoms with Crippen LogP contribution in [0.2, 0.25) is 5.02 Å². The molecule has 0 N–H and O–H groups in total. The van der Waals surface area contributed by atoms with Crippen LogP contribution >= 0.6 is 11.6 Å². The highest BCUT2D eigenvalue weighted by molar-refractivity contribution is 6.30. The number of rotatable bonds is 7. The maximum atomic E-state index is 13.2. The van der Waals surface area contributed by atoms with Crippen molar-refractivity contribution in [1.29, 1.82) is 0 Å². The van der Waals surface area contributed by atoms with E-state index >= 15 is 0 Å². The van der Waals surface area contributed by atoms with Crippen LogP contribution in [0, 0.1) is 0 Å². The van der Waals surface area contributed by atoms with E-state index in [1.54, 1.807) is 11.0 Å². The van der Waals surface area contributed by atoms with Crippen LogP contribution in [0.1, 0.15) is 22.3 Å². The molecule has 2 atom stereocenters. The van der Waals surface area contributed by atoms with Crippen molar-refractivity contribution in [3.05, 3.63) is 58.6 Å². The number of hydrogen-bond donors (Lipinski definition) is 0. The monoisotopic (exact) mass is 501 g/mol. The van der Waals surface area contributed by atoms with Gasteiger partial charge in [0.15, 0.2) is 11.5 Å². The maximum Gasteiger partial charge on any atom is 0.522 e. The zero-order chi connectivity index (χ0) is 24.3. The average molecular weight is 502 g/mol. The molecule has 0 bridgehead atoms. The van der Waals surface area contributed by atoms with Crippen molar-refractivity contribution in [3.8, 4) is 11.5 Å².